The quantitative estimate of drug-likeness (QED) is 0.578. The molecular weight excluding hydrogens is 264 g/mol. The summed E-state index contributed by atoms with van der Waals surface area (Å²) in [7, 11) is 0. The SMILES string of the molecule is CC/C=C/C=C/c1cccc(-c2ccc(Cl)cc2)c1C. The molecule has 0 atom stereocenters. The Bertz CT molecular complexity index is 619. The molecule has 2 aromatic rings. The fraction of sp³-hybridized carbons (Fsp3) is 0.158. The largest absolute Gasteiger partial charge is 0.0848 e. The molecule has 0 amide bonds. The minimum Gasteiger partial charge on any atom is -0.0848 e. The number of allylic oxidation sites excluding steroid dienone is 3. The minimum absolute atomic E-state index is 0.771. The number of rotatable bonds is 4. The van der Waals surface area contributed by atoms with Gasteiger partial charge in [-0.25, -0.2) is 0 Å². The number of benzene rings is 2. The van der Waals surface area contributed by atoms with Gasteiger partial charge in [0, 0.05) is 5.02 Å². The molecule has 0 fully saturated rings. The van der Waals surface area contributed by atoms with Crippen molar-refractivity contribution >= 4 is 17.7 Å². The van der Waals surface area contributed by atoms with Crippen molar-refractivity contribution in [1.29, 1.82) is 0 Å². The van der Waals surface area contributed by atoms with E-state index >= 15 is 0 Å². The third-order valence-electron chi connectivity index (χ3n) is 3.29. The molecule has 20 heavy (non-hydrogen) atoms. The number of hydrogen-bond donors (Lipinski definition) is 0. The zero-order chi connectivity index (χ0) is 14.4. The first-order valence-corrected chi connectivity index (χ1v) is 7.29. The molecule has 0 unspecified atom stereocenters. The number of hydrogen-bond acceptors (Lipinski definition) is 0. The average molecular weight is 283 g/mol. The molecular formula is C19H19Cl. The smallest absolute Gasteiger partial charge is 0.0406 e. The predicted octanol–water partition coefficient (Wildman–Crippen LogP) is 6.29. The lowest BCUT2D eigenvalue weighted by Gasteiger charge is -2.09. The monoisotopic (exact) mass is 282 g/mol. The highest BCUT2D eigenvalue weighted by atomic mass is 35.5. The van der Waals surface area contributed by atoms with Crippen molar-refractivity contribution in [2.24, 2.45) is 0 Å². The molecule has 0 bridgehead atoms. The Balaban J connectivity index is 2.34. The molecule has 0 radical (unpaired) electrons. The van der Waals surface area contributed by atoms with E-state index in [0.29, 0.717) is 0 Å². The van der Waals surface area contributed by atoms with Crippen molar-refractivity contribution in [2.45, 2.75) is 20.3 Å². The van der Waals surface area contributed by atoms with Crippen LogP contribution in [0.3, 0.4) is 0 Å². The summed E-state index contributed by atoms with van der Waals surface area (Å²) in [5.74, 6) is 0. The lowest BCUT2D eigenvalue weighted by molar-refractivity contribution is 1.22. The molecule has 1 heteroatoms. The van der Waals surface area contributed by atoms with Gasteiger partial charge in [0.15, 0.2) is 0 Å². The number of halogens is 1. The molecule has 0 N–H and O–H groups in total. The highest BCUT2D eigenvalue weighted by Crippen LogP contribution is 2.27. The molecule has 0 aliphatic heterocycles. The lowest BCUT2D eigenvalue weighted by atomic mass is 9.96. The van der Waals surface area contributed by atoms with E-state index in [1.165, 1.54) is 22.3 Å². The first-order chi connectivity index (χ1) is 9.72. The van der Waals surface area contributed by atoms with Crippen molar-refractivity contribution in [3.63, 3.8) is 0 Å². The fourth-order valence-corrected chi connectivity index (χ4v) is 2.28. The average Bonchev–Trinajstić information content (AvgIpc) is 2.46. The van der Waals surface area contributed by atoms with Crippen LogP contribution in [0.1, 0.15) is 24.5 Å². The van der Waals surface area contributed by atoms with Crippen molar-refractivity contribution in [3.05, 3.63) is 76.8 Å². The van der Waals surface area contributed by atoms with Crippen molar-refractivity contribution in [2.75, 3.05) is 0 Å². The second-order valence-electron chi connectivity index (χ2n) is 4.72. The van der Waals surface area contributed by atoms with E-state index in [9.17, 15) is 0 Å². The van der Waals surface area contributed by atoms with Gasteiger partial charge in [-0.1, -0.05) is 73.2 Å². The third kappa shape index (κ3) is 3.61. The molecule has 0 aromatic heterocycles. The maximum atomic E-state index is 5.95. The predicted molar refractivity (Wildman–Crippen MR) is 90.1 cm³/mol. The van der Waals surface area contributed by atoms with Gasteiger partial charge in [-0.2, -0.15) is 0 Å². The van der Waals surface area contributed by atoms with Crippen molar-refractivity contribution in [1.82, 2.24) is 0 Å². The maximum absolute atomic E-state index is 5.95. The summed E-state index contributed by atoms with van der Waals surface area (Å²) < 4.78 is 0. The normalized spacial score (nSPS) is 11.6. The summed E-state index contributed by atoms with van der Waals surface area (Å²) in [6.07, 6.45) is 9.55. The summed E-state index contributed by atoms with van der Waals surface area (Å²) in [5, 5.41) is 0.771. The lowest BCUT2D eigenvalue weighted by Crippen LogP contribution is -1.86. The van der Waals surface area contributed by atoms with Crippen LogP contribution in [0, 0.1) is 6.92 Å². The molecule has 0 spiro atoms. The Morgan fingerprint density at radius 2 is 1.75 bits per heavy atom. The van der Waals surface area contributed by atoms with Crippen molar-refractivity contribution in [3.8, 4) is 11.1 Å². The van der Waals surface area contributed by atoms with Gasteiger partial charge < -0.3 is 0 Å². The Morgan fingerprint density at radius 1 is 1.00 bits per heavy atom. The second-order valence-corrected chi connectivity index (χ2v) is 5.16. The maximum Gasteiger partial charge on any atom is 0.0406 e. The van der Waals surface area contributed by atoms with Gasteiger partial charge in [0.05, 0.1) is 0 Å². The second kappa shape index (κ2) is 7.12. The molecule has 0 saturated heterocycles. The molecule has 2 rings (SSSR count). The van der Waals surface area contributed by atoms with E-state index in [0.717, 1.165) is 11.4 Å². The zero-order valence-corrected chi connectivity index (χ0v) is 12.7. The molecule has 0 nitrogen and oxygen atoms in total. The standard InChI is InChI=1S/C19H19Cl/c1-3-4-5-6-8-16-9-7-10-19(15(16)2)17-11-13-18(20)14-12-17/h4-14H,3H2,1-2H3/b5-4+,8-6+. The summed E-state index contributed by atoms with van der Waals surface area (Å²) in [4.78, 5) is 0. The molecule has 0 heterocycles. The van der Waals surface area contributed by atoms with E-state index in [4.69, 9.17) is 11.6 Å². The Morgan fingerprint density at radius 3 is 2.45 bits per heavy atom. The molecule has 0 saturated carbocycles. The van der Waals surface area contributed by atoms with Gasteiger partial charge in [-0.3, -0.25) is 0 Å². The van der Waals surface area contributed by atoms with Crippen LogP contribution in [0.4, 0.5) is 0 Å². The summed E-state index contributed by atoms with van der Waals surface area (Å²) >= 11 is 5.95. The van der Waals surface area contributed by atoms with Crippen LogP contribution in [0.5, 0.6) is 0 Å². The molecule has 2 aromatic carbocycles. The molecule has 0 aliphatic carbocycles. The summed E-state index contributed by atoms with van der Waals surface area (Å²) in [6, 6.07) is 14.4. The van der Waals surface area contributed by atoms with Gasteiger partial charge in [-0.05, 0) is 47.7 Å². The van der Waals surface area contributed by atoms with Gasteiger partial charge in [0.1, 0.15) is 0 Å². The van der Waals surface area contributed by atoms with Crippen LogP contribution in [-0.2, 0) is 0 Å². The topological polar surface area (TPSA) is 0 Å². The van der Waals surface area contributed by atoms with E-state index in [-0.39, 0.29) is 0 Å². The van der Waals surface area contributed by atoms with Gasteiger partial charge >= 0.3 is 0 Å². The van der Waals surface area contributed by atoms with E-state index < -0.39 is 0 Å². The zero-order valence-electron chi connectivity index (χ0n) is 11.9. The van der Waals surface area contributed by atoms with Gasteiger partial charge in [0.2, 0.25) is 0 Å². The molecule has 0 aliphatic rings. The van der Waals surface area contributed by atoms with Crippen LogP contribution in [0.25, 0.3) is 17.2 Å². The Kier molecular flexibility index (Phi) is 5.20. The van der Waals surface area contributed by atoms with Crippen LogP contribution in [0.15, 0.2) is 60.7 Å². The van der Waals surface area contributed by atoms with Crippen molar-refractivity contribution < 1.29 is 0 Å². The van der Waals surface area contributed by atoms with E-state index in [2.05, 4.69) is 68.5 Å². The minimum atomic E-state index is 0.771. The molecule has 102 valence electrons. The highest BCUT2D eigenvalue weighted by Gasteiger charge is 2.04. The van der Waals surface area contributed by atoms with E-state index in [1.54, 1.807) is 0 Å². The van der Waals surface area contributed by atoms with Crippen LogP contribution in [-0.4, -0.2) is 0 Å². The highest BCUT2D eigenvalue weighted by molar-refractivity contribution is 6.30. The first-order valence-electron chi connectivity index (χ1n) is 6.91. The van der Waals surface area contributed by atoms with Crippen LogP contribution >= 0.6 is 11.6 Å². The Hall–Kier alpha value is -1.79. The third-order valence-corrected chi connectivity index (χ3v) is 3.54. The fourth-order valence-electron chi connectivity index (χ4n) is 2.15. The summed E-state index contributed by atoms with van der Waals surface area (Å²) in [6.45, 7) is 4.30. The van der Waals surface area contributed by atoms with Gasteiger partial charge in [0.25, 0.3) is 0 Å². The van der Waals surface area contributed by atoms with E-state index in [1.807, 2.05) is 12.1 Å². The van der Waals surface area contributed by atoms with Crippen LogP contribution in [0.2, 0.25) is 5.02 Å². The Labute approximate surface area is 126 Å². The van der Waals surface area contributed by atoms with Gasteiger partial charge in [-0.15, -0.1) is 0 Å². The first kappa shape index (κ1) is 14.6. The van der Waals surface area contributed by atoms with Crippen LogP contribution < -0.4 is 0 Å². The summed E-state index contributed by atoms with van der Waals surface area (Å²) in [5.41, 5.74) is 4.99.